The summed E-state index contributed by atoms with van der Waals surface area (Å²) >= 11 is 0. The van der Waals surface area contributed by atoms with Crippen molar-refractivity contribution in [2.24, 2.45) is 0 Å². The van der Waals surface area contributed by atoms with Gasteiger partial charge in [-0.3, -0.25) is 19.3 Å². The lowest BCUT2D eigenvalue weighted by Gasteiger charge is -2.45. The zero-order valence-corrected chi connectivity index (χ0v) is 15.0. The maximum absolute atomic E-state index is 13.0. The van der Waals surface area contributed by atoms with E-state index in [1.54, 1.807) is 42.1 Å². The molecule has 8 heteroatoms. The van der Waals surface area contributed by atoms with Crippen molar-refractivity contribution in [2.75, 3.05) is 58.3 Å². The zero-order chi connectivity index (χ0) is 18.4. The normalized spacial score (nSPS) is 23.5. The van der Waals surface area contributed by atoms with Crippen molar-refractivity contribution in [2.45, 2.75) is 6.04 Å². The molecule has 3 aliphatic rings. The highest BCUT2D eigenvalue weighted by Crippen LogP contribution is 2.32. The number of carbonyl (C=O) groups is 3. The number of amides is 3. The Hall–Kier alpha value is -2.61. The molecule has 3 aliphatic heterocycles. The van der Waals surface area contributed by atoms with Gasteiger partial charge in [-0.05, 0) is 18.2 Å². The van der Waals surface area contributed by atoms with Crippen LogP contribution in [0.3, 0.4) is 0 Å². The Morgan fingerprint density at radius 2 is 1.88 bits per heavy atom. The number of hydrogen-bond donors (Lipinski definition) is 0. The van der Waals surface area contributed by atoms with Gasteiger partial charge in [0.1, 0.15) is 11.8 Å². The first-order valence-electron chi connectivity index (χ1n) is 8.77. The van der Waals surface area contributed by atoms with E-state index in [0.717, 1.165) is 13.1 Å². The molecule has 2 saturated heterocycles. The summed E-state index contributed by atoms with van der Waals surface area (Å²) < 4.78 is 5.41. The molecule has 4 rings (SSSR count). The topological polar surface area (TPSA) is 73.4 Å². The average molecular weight is 358 g/mol. The SMILES string of the molecule is CN1CCN2CCN(C(=O)c3ccc4c(c3)N(C)C(=O)CO4)C[C@@H]2C1=O. The Balaban J connectivity index is 1.55. The molecule has 0 bridgehead atoms. The van der Waals surface area contributed by atoms with Crippen LogP contribution in [-0.2, 0) is 9.59 Å². The fraction of sp³-hybridized carbons (Fsp3) is 0.500. The number of likely N-dealkylation sites (N-methyl/N-ethyl adjacent to an activating group) is 2. The van der Waals surface area contributed by atoms with Crippen LogP contribution in [-0.4, -0.2) is 91.9 Å². The molecule has 0 aliphatic carbocycles. The number of nitrogens with zero attached hydrogens (tertiary/aromatic N) is 4. The molecule has 3 amide bonds. The van der Waals surface area contributed by atoms with Gasteiger partial charge >= 0.3 is 0 Å². The largest absolute Gasteiger partial charge is 0.482 e. The van der Waals surface area contributed by atoms with E-state index in [2.05, 4.69) is 4.90 Å². The summed E-state index contributed by atoms with van der Waals surface area (Å²) in [6, 6.07) is 4.86. The van der Waals surface area contributed by atoms with E-state index in [9.17, 15) is 14.4 Å². The van der Waals surface area contributed by atoms with Crippen LogP contribution in [0.25, 0.3) is 0 Å². The molecular formula is C18H22N4O4. The van der Waals surface area contributed by atoms with Crippen molar-refractivity contribution < 1.29 is 19.1 Å². The number of ether oxygens (including phenoxy) is 1. The highest BCUT2D eigenvalue weighted by Gasteiger charge is 2.38. The van der Waals surface area contributed by atoms with Gasteiger partial charge in [0.05, 0.1) is 5.69 Å². The fourth-order valence-electron chi connectivity index (χ4n) is 3.74. The fourth-order valence-corrected chi connectivity index (χ4v) is 3.74. The average Bonchev–Trinajstić information content (AvgIpc) is 2.67. The molecule has 2 fully saturated rings. The van der Waals surface area contributed by atoms with E-state index in [1.807, 2.05) is 0 Å². The van der Waals surface area contributed by atoms with Gasteiger partial charge in [-0.15, -0.1) is 0 Å². The maximum Gasteiger partial charge on any atom is 0.264 e. The van der Waals surface area contributed by atoms with Gasteiger partial charge in [0, 0.05) is 52.4 Å². The van der Waals surface area contributed by atoms with Gasteiger partial charge < -0.3 is 19.4 Å². The highest BCUT2D eigenvalue weighted by molar-refractivity contribution is 6.01. The van der Waals surface area contributed by atoms with Gasteiger partial charge in [-0.25, -0.2) is 0 Å². The lowest BCUT2D eigenvalue weighted by molar-refractivity contribution is -0.142. The first-order valence-corrected chi connectivity index (χ1v) is 8.77. The summed E-state index contributed by atoms with van der Waals surface area (Å²) in [5, 5.41) is 0. The zero-order valence-electron chi connectivity index (χ0n) is 15.0. The smallest absolute Gasteiger partial charge is 0.264 e. The van der Waals surface area contributed by atoms with Crippen LogP contribution in [0.2, 0.25) is 0 Å². The molecule has 0 unspecified atom stereocenters. The van der Waals surface area contributed by atoms with Crippen molar-refractivity contribution >= 4 is 23.4 Å². The van der Waals surface area contributed by atoms with E-state index < -0.39 is 0 Å². The summed E-state index contributed by atoms with van der Waals surface area (Å²) in [6.07, 6.45) is 0. The Morgan fingerprint density at radius 1 is 1.12 bits per heavy atom. The molecule has 0 saturated carbocycles. The third-order valence-electron chi connectivity index (χ3n) is 5.45. The number of hydrogen-bond acceptors (Lipinski definition) is 5. The standard InChI is InChI=1S/C18H22N4O4/c1-19-5-6-21-7-8-22(10-14(21)18(19)25)17(24)12-3-4-15-13(9-12)20(2)16(23)11-26-15/h3-4,9,14H,5-8,10-11H2,1-2H3/t14-/m1/s1. The lowest BCUT2D eigenvalue weighted by atomic mass is 10.1. The summed E-state index contributed by atoms with van der Waals surface area (Å²) in [5.41, 5.74) is 1.10. The van der Waals surface area contributed by atoms with Gasteiger partial charge in [0.15, 0.2) is 6.61 Å². The summed E-state index contributed by atoms with van der Waals surface area (Å²) in [4.78, 5) is 44.3. The quantitative estimate of drug-likeness (QED) is 0.686. The molecule has 0 spiro atoms. The molecule has 1 atom stereocenters. The van der Waals surface area contributed by atoms with E-state index >= 15 is 0 Å². The summed E-state index contributed by atoms with van der Waals surface area (Å²) in [6.45, 7) is 3.27. The molecule has 1 aromatic carbocycles. The number of piperazine rings is 2. The highest BCUT2D eigenvalue weighted by atomic mass is 16.5. The van der Waals surface area contributed by atoms with Crippen LogP contribution in [0.5, 0.6) is 5.75 Å². The van der Waals surface area contributed by atoms with Crippen molar-refractivity contribution in [3.63, 3.8) is 0 Å². The van der Waals surface area contributed by atoms with Crippen molar-refractivity contribution in [1.29, 1.82) is 0 Å². The number of benzene rings is 1. The number of anilines is 1. The van der Waals surface area contributed by atoms with Crippen molar-refractivity contribution in [3.8, 4) is 5.75 Å². The first-order chi connectivity index (χ1) is 12.5. The Labute approximate surface area is 151 Å². The van der Waals surface area contributed by atoms with Gasteiger partial charge in [-0.1, -0.05) is 0 Å². The van der Waals surface area contributed by atoms with Gasteiger partial charge in [0.25, 0.3) is 11.8 Å². The summed E-state index contributed by atoms with van der Waals surface area (Å²) in [5.74, 6) is 0.391. The molecule has 8 nitrogen and oxygen atoms in total. The minimum Gasteiger partial charge on any atom is -0.482 e. The minimum atomic E-state index is -0.267. The molecule has 0 aromatic heterocycles. The Kier molecular flexibility index (Phi) is 4.07. The van der Waals surface area contributed by atoms with E-state index in [4.69, 9.17) is 4.74 Å². The third-order valence-corrected chi connectivity index (χ3v) is 5.45. The van der Waals surface area contributed by atoms with Crippen LogP contribution < -0.4 is 9.64 Å². The van der Waals surface area contributed by atoms with Gasteiger partial charge in [0.2, 0.25) is 5.91 Å². The van der Waals surface area contributed by atoms with E-state index in [0.29, 0.717) is 36.6 Å². The number of rotatable bonds is 1. The molecular weight excluding hydrogens is 336 g/mol. The second kappa shape index (κ2) is 6.28. The molecule has 0 radical (unpaired) electrons. The van der Waals surface area contributed by atoms with Crippen LogP contribution in [0.1, 0.15) is 10.4 Å². The molecule has 3 heterocycles. The van der Waals surface area contributed by atoms with E-state index in [-0.39, 0.29) is 30.4 Å². The van der Waals surface area contributed by atoms with Crippen molar-refractivity contribution in [3.05, 3.63) is 23.8 Å². The third kappa shape index (κ3) is 2.70. The van der Waals surface area contributed by atoms with Crippen LogP contribution >= 0.6 is 0 Å². The number of carbonyl (C=O) groups excluding carboxylic acids is 3. The molecule has 0 N–H and O–H groups in total. The van der Waals surface area contributed by atoms with Crippen LogP contribution in [0, 0.1) is 0 Å². The first kappa shape index (κ1) is 16.8. The molecule has 1 aromatic rings. The molecule has 26 heavy (non-hydrogen) atoms. The second-order valence-electron chi connectivity index (χ2n) is 6.99. The number of fused-ring (bicyclic) bond motifs is 2. The maximum atomic E-state index is 13.0. The summed E-state index contributed by atoms with van der Waals surface area (Å²) in [7, 11) is 3.48. The molecule has 138 valence electrons. The van der Waals surface area contributed by atoms with Crippen LogP contribution in [0.15, 0.2) is 18.2 Å². The van der Waals surface area contributed by atoms with Crippen LogP contribution in [0.4, 0.5) is 5.69 Å². The van der Waals surface area contributed by atoms with E-state index in [1.165, 1.54) is 4.90 Å². The Bertz CT molecular complexity index is 780. The monoisotopic (exact) mass is 358 g/mol. The van der Waals surface area contributed by atoms with Gasteiger partial charge in [-0.2, -0.15) is 0 Å². The van der Waals surface area contributed by atoms with Crippen molar-refractivity contribution in [1.82, 2.24) is 14.7 Å². The predicted octanol–water partition coefficient (Wildman–Crippen LogP) is -0.360. The minimum absolute atomic E-state index is 0.00998. The Morgan fingerprint density at radius 3 is 2.69 bits per heavy atom. The second-order valence-corrected chi connectivity index (χ2v) is 6.99. The lowest BCUT2D eigenvalue weighted by Crippen LogP contribution is -2.64. The predicted molar refractivity (Wildman–Crippen MR) is 94.2 cm³/mol.